The highest BCUT2D eigenvalue weighted by molar-refractivity contribution is 7.12. The summed E-state index contributed by atoms with van der Waals surface area (Å²) in [5, 5.41) is 3.49. The number of rotatable bonds is 5. The standard InChI is InChI=1S/C13H21NO2S/c1-10-6-12(11(2)17-10)7-14-8-13(15-3)4-5-16-9-13/h6,14H,4-5,7-9H2,1-3H3. The van der Waals surface area contributed by atoms with Gasteiger partial charge in [0.1, 0.15) is 5.60 Å². The van der Waals surface area contributed by atoms with Crippen LogP contribution in [0.1, 0.15) is 21.7 Å². The van der Waals surface area contributed by atoms with Gasteiger partial charge < -0.3 is 14.8 Å². The maximum absolute atomic E-state index is 5.59. The molecular weight excluding hydrogens is 234 g/mol. The zero-order valence-electron chi connectivity index (χ0n) is 10.8. The van der Waals surface area contributed by atoms with Crippen LogP contribution in [-0.2, 0) is 16.0 Å². The molecule has 0 radical (unpaired) electrons. The smallest absolute Gasteiger partial charge is 0.106 e. The molecule has 1 aromatic heterocycles. The molecule has 0 amide bonds. The lowest BCUT2D eigenvalue weighted by Gasteiger charge is -2.26. The Morgan fingerprint density at radius 2 is 2.35 bits per heavy atom. The third-order valence-electron chi connectivity index (χ3n) is 3.41. The van der Waals surface area contributed by atoms with Crippen molar-refractivity contribution in [1.29, 1.82) is 0 Å². The van der Waals surface area contributed by atoms with E-state index in [0.717, 1.165) is 26.1 Å². The van der Waals surface area contributed by atoms with Crippen molar-refractivity contribution < 1.29 is 9.47 Å². The van der Waals surface area contributed by atoms with E-state index in [4.69, 9.17) is 9.47 Å². The summed E-state index contributed by atoms with van der Waals surface area (Å²) < 4.78 is 11.0. The fourth-order valence-corrected chi connectivity index (χ4v) is 3.19. The van der Waals surface area contributed by atoms with Gasteiger partial charge in [-0.3, -0.25) is 0 Å². The molecule has 1 aliphatic heterocycles. The van der Waals surface area contributed by atoms with E-state index < -0.39 is 0 Å². The van der Waals surface area contributed by atoms with Gasteiger partial charge in [-0.15, -0.1) is 11.3 Å². The van der Waals surface area contributed by atoms with Crippen LogP contribution in [0.15, 0.2) is 6.07 Å². The molecular formula is C13H21NO2S. The fourth-order valence-electron chi connectivity index (χ4n) is 2.25. The summed E-state index contributed by atoms with van der Waals surface area (Å²) in [5.74, 6) is 0. The van der Waals surface area contributed by atoms with Crippen LogP contribution in [0.5, 0.6) is 0 Å². The third kappa shape index (κ3) is 3.07. The predicted molar refractivity (Wildman–Crippen MR) is 70.7 cm³/mol. The van der Waals surface area contributed by atoms with E-state index in [9.17, 15) is 0 Å². The Morgan fingerprint density at radius 1 is 1.53 bits per heavy atom. The van der Waals surface area contributed by atoms with Crippen LogP contribution in [0.2, 0.25) is 0 Å². The number of aryl methyl sites for hydroxylation is 2. The highest BCUT2D eigenvalue weighted by Crippen LogP contribution is 2.23. The second-order valence-corrected chi connectivity index (χ2v) is 6.19. The summed E-state index contributed by atoms with van der Waals surface area (Å²) in [4.78, 5) is 2.79. The van der Waals surface area contributed by atoms with Crippen molar-refractivity contribution in [3.05, 3.63) is 21.4 Å². The van der Waals surface area contributed by atoms with Crippen LogP contribution >= 0.6 is 11.3 Å². The van der Waals surface area contributed by atoms with E-state index in [0.29, 0.717) is 6.61 Å². The van der Waals surface area contributed by atoms with Crippen molar-refractivity contribution >= 4 is 11.3 Å². The Bertz CT molecular complexity index is 369. The van der Waals surface area contributed by atoms with Gasteiger partial charge in [0.05, 0.1) is 6.61 Å². The molecule has 0 spiro atoms. The van der Waals surface area contributed by atoms with Crippen molar-refractivity contribution in [2.24, 2.45) is 0 Å². The van der Waals surface area contributed by atoms with E-state index in [2.05, 4.69) is 25.2 Å². The van der Waals surface area contributed by atoms with E-state index in [1.165, 1.54) is 15.3 Å². The van der Waals surface area contributed by atoms with Gasteiger partial charge in [-0.05, 0) is 25.5 Å². The van der Waals surface area contributed by atoms with Crippen LogP contribution in [-0.4, -0.2) is 32.5 Å². The molecule has 1 saturated heterocycles. The number of thiophene rings is 1. The summed E-state index contributed by atoms with van der Waals surface area (Å²) in [6.45, 7) is 7.63. The van der Waals surface area contributed by atoms with Gasteiger partial charge in [0, 0.05) is 43.0 Å². The molecule has 0 saturated carbocycles. The van der Waals surface area contributed by atoms with Gasteiger partial charge in [-0.1, -0.05) is 0 Å². The molecule has 0 aromatic carbocycles. The maximum atomic E-state index is 5.59. The SMILES string of the molecule is COC1(CNCc2cc(C)sc2C)CCOC1. The van der Waals surface area contributed by atoms with E-state index >= 15 is 0 Å². The first kappa shape index (κ1) is 13.0. The molecule has 3 nitrogen and oxygen atoms in total. The molecule has 17 heavy (non-hydrogen) atoms. The molecule has 1 fully saturated rings. The Labute approximate surface area is 107 Å². The van der Waals surface area contributed by atoms with Crippen molar-refractivity contribution in [2.75, 3.05) is 26.9 Å². The normalized spacial score (nSPS) is 24.4. The number of hydrogen-bond acceptors (Lipinski definition) is 4. The van der Waals surface area contributed by atoms with E-state index in [1.807, 2.05) is 11.3 Å². The van der Waals surface area contributed by atoms with Crippen LogP contribution in [0.3, 0.4) is 0 Å². The quantitative estimate of drug-likeness (QED) is 0.875. The average molecular weight is 255 g/mol. The molecule has 1 atom stereocenters. The minimum absolute atomic E-state index is 0.112. The Balaban J connectivity index is 1.84. The first-order valence-electron chi connectivity index (χ1n) is 6.05. The highest BCUT2D eigenvalue weighted by Gasteiger charge is 2.34. The minimum Gasteiger partial charge on any atom is -0.378 e. The number of ether oxygens (including phenoxy) is 2. The van der Waals surface area contributed by atoms with Crippen LogP contribution < -0.4 is 5.32 Å². The average Bonchev–Trinajstić information content (AvgIpc) is 2.88. The van der Waals surface area contributed by atoms with Crippen molar-refractivity contribution in [3.63, 3.8) is 0 Å². The fraction of sp³-hybridized carbons (Fsp3) is 0.692. The number of methoxy groups -OCH3 is 1. The lowest BCUT2D eigenvalue weighted by molar-refractivity contribution is -0.0159. The second kappa shape index (κ2) is 5.48. The van der Waals surface area contributed by atoms with Crippen molar-refractivity contribution in [2.45, 2.75) is 32.4 Å². The zero-order valence-corrected chi connectivity index (χ0v) is 11.7. The first-order chi connectivity index (χ1) is 8.15. The van der Waals surface area contributed by atoms with Gasteiger partial charge in [0.15, 0.2) is 0 Å². The van der Waals surface area contributed by atoms with Crippen molar-refractivity contribution in [1.82, 2.24) is 5.32 Å². The van der Waals surface area contributed by atoms with Gasteiger partial charge in [0.25, 0.3) is 0 Å². The molecule has 96 valence electrons. The summed E-state index contributed by atoms with van der Waals surface area (Å²) in [5.41, 5.74) is 1.29. The van der Waals surface area contributed by atoms with Gasteiger partial charge in [-0.25, -0.2) is 0 Å². The molecule has 4 heteroatoms. The van der Waals surface area contributed by atoms with E-state index in [-0.39, 0.29) is 5.60 Å². The van der Waals surface area contributed by atoms with E-state index in [1.54, 1.807) is 7.11 Å². The third-order valence-corrected chi connectivity index (χ3v) is 4.41. The summed E-state index contributed by atoms with van der Waals surface area (Å²) in [6, 6.07) is 2.26. The van der Waals surface area contributed by atoms with Gasteiger partial charge in [0.2, 0.25) is 0 Å². The first-order valence-corrected chi connectivity index (χ1v) is 6.86. The Hall–Kier alpha value is -0.420. The summed E-state index contributed by atoms with van der Waals surface area (Å²) >= 11 is 1.86. The molecule has 0 aliphatic carbocycles. The lowest BCUT2D eigenvalue weighted by Crippen LogP contribution is -2.42. The molecule has 2 rings (SSSR count). The number of hydrogen-bond donors (Lipinski definition) is 1. The lowest BCUT2D eigenvalue weighted by atomic mass is 10.0. The Kier molecular flexibility index (Phi) is 4.20. The largest absolute Gasteiger partial charge is 0.378 e. The van der Waals surface area contributed by atoms with Gasteiger partial charge >= 0.3 is 0 Å². The summed E-state index contributed by atoms with van der Waals surface area (Å²) in [7, 11) is 1.77. The molecule has 1 aliphatic rings. The molecule has 2 heterocycles. The predicted octanol–water partition coefficient (Wildman–Crippen LogP) is 2.26. The van der Waals surface area contributed by atoms with Gasteiger partial charge in [-0.2, -0.15) is 0 Å². The molecule has 1 unspecified atom stereocenters. The minimum atomic E-state index is -0.112. The highest BCUT2D eigenvalue weighted by atomic mass is 32.1. The monoisotopic (exact) mass is 255 g/mol. The topological polar surface area (TPSA) is 30.5 Å². The van der Waals surface area contributed by atoms with Crippen LogP contribution in [0.4, 0.5) is 0 Å². The second-order valence-electron chi connectivity index (χ2n) is 4.73. The maximum Gasteiger partial charge on any atom is 0.106 e. The van der Waals surface area contributed by atoms with Crippen LogP contribution in [0.25, 0.3) is 0 Å². The molecule has 1 aromatic rings. The molecule has 1 N–H and O–H groups in total. The van der Waals surface area contributed by atoms with Crippen molar-refractivity contribution in [3.8, 4) is 0 Å². The van der Waals surface area contributed by atoms with Crippen LogP contribution in [0, 0.1) is 13.8 Å². The zero-order chi connectivity index (χ0) is 12.3. The molecule has 0 bridgehead atoms. The summed E-state index contributed by atoms with van der Waals surface area (Å²) in [6.07, 6.45) is 0.984. The Morgan fingerprint density at radius 3 is 2.88 bits per heavy atom. The number of nitrogens with one attached hydrogen (secondary N) is 1.